The Labute approximate surface area is 205 Å². The van der Waals surface area contributed by atoms with Crippen molar-refractivity contribution in [2.24, 2.45) is 0 Å². The van der Waals surface area contributed by atoms with Gasteiger partial charge in [-0.05, 0) is 20.8 Å². The summed E-state index contributed by atoms with van der Waals surface area (Å²) < 4.78 is 120. The van der Waals surface area contributed by atoms with Gasteiger partial charge >= 0.3 is 30.9 Å². The maximum Gasteiger partial charge on any atom is 0.549 e. The molecule has 3 fully saturated rings. The van der Waals surface area contributed by atoms with E-state index in [1.807, 2.05) is 0 Å². The van der Waals surface area contributed by atoms with Crippen molar-refractivity contribution in [2.45, 2.75) is 75.7 Å². The van der Waals surface area contributed by atoms with Crippen LogP contribution in [0, 0.1) is 0 Å². The maximum absolute atomic E-state index is 12.7. The molecule has 7 nitrogen and oxygen atoms in total. The number of alkyl halides is 6. The van der Waals surface area contributed by atoms with Crippen LogP contribution in [-0.4, -0.2) is 89.5 Å². The van der Waals surface area contributed by atoms with Crippen molar-refractivity contribution in [1.29, 1.82) is 0 Å². The van der Waals surface area contributed by atoms with E-state index in [4.69, 9.17) is 0 Å². The highest BCUT2D eigenvalue weighted by Gasteiger charge is 2.70. The zero-order valence-electron chi connectivity index (χ0n) is 20.6. The van der Waals surface area contributed by atoms with Gasteiger partial charge in [-0.15, -0.1) is 0 Å². The normalized spacial score (nSPS) is 26.7. The largest absolute Gasteiger partial charge is 0.549 e. The Morgan fingerprint density at radius 1 is 0.714 bits per heavy atom. The van der Waals surface area contributed by atoms with E-state index >= 15 is 0 Å². The third kappa shape index (κ3) is 7.45. The maximum atomic E-state index is 12.7. The first kappa shape index (κ1) is 32.4. The molecule has 3 heterocycles. The molecule has 0 aromatic heterocycles. The van der Waals surface area contributed by atoms with Crippen molar-refractivity contribution in [3.05, 3.63) is 0 Å². The number of rotatable bonds is 5. The second-order valence-corrected chi connectivity index (χ2v) is 13.4. The lowest BCUT2D eigenvalue weighted by molar-refractivity contribution is -0.885. The lowest BCUT2D eigenvalue weighted by atomic mass is 10.4. The number of sulfone groups is 1. The summed E-state index contributed by atoms with van der Waals surface area (Å²) in [4.78, 5) is 3.58. The molecule has 2 N–H and O–H groups in total. The number of halogens is 6. The minimum absolute atomic E-state index is 0.372. The van der Waals surface area contributed by atoms with Crippen LogP contribution in [-0.2, 0) is 19.9 Å². The van der Waals surface area contributed by atoms with Crippen LogP contribution >= 0.6 is 0 Å². The first-order chi connectivity index (χ1) is 16.0. The molecule has 3 saturated heterocycles. The number of hydrogen-bond donors (Lipinski definition) is 2. The van der Waals surface area contributed by atoms with Gasteiger partial charge in [0.15, 0.2) is 0 Å². The van der Waals surface area contributed by atoms with Crippen molar-refractivity contribution in [1.82, 2.24) is 0 Å². The number of likely N-dealkylation sites (tertiary alicyclic amines) is 3. The molecule has 0 aromatic rings. The van der Waals surface area contributed by atoms with Crippen LogP contribution in [0.5, 0.6) is 0 Å². The molecule has 0 aromatic carbocycles. The SMILES string of the molecule is CC[N+]1(S(=O)(=O)C(F)(F)F)CCCC1S(=O)(=O)C(F)(F)F.CC[NH+]1CCCC1.CC[NH+]1CCCC1. The molecule has 2 atom stereocenters. The van der Waals surface area contributed by atoms with Crippen LogP contribution in [0.25, 0.3) is 0 Å². The van der Waals surface area contributed by atoms with E-state index in [1.165, 1.54) is 65.0 Å². The van der Waals surface area contributed by atoms with Crippen LogP contribution in [0.15, 0.2) is 0 Å². The number of sulfonamides is 1. The number of nitrogens with zero attached hydrogens (tertiary/aromatic N) is 1. The molecule has 35 heavy (non-hydrogen) atoms. The van der Waals surface area contributed by atoms with Gasteiger partial charge in [-0.25, -0.2) is 8.42 Å². The molecule has 0 saturated carbocycles. The smallest absolute Gasteiger partial charge is 0.335 e. The summed E-state index contributed by atoms with van der Waals surface area (Å²) in [6.45, 7) is 12.1. The molecule has 2 unspecified atom stereocenters. The third-order valence-electron chi connectivity index (χ3n) is 7.12. The molecule has 3 aliphatic rings. The number of hydrogen-bond acceptors (Lipinski definition) is 4. The van der Waals surface area contributed by atoms with Gasteiger partial charge in [-0.1, -0.05) is 0 Å². The Morgan fingerprint density at radius 2 is 1.11 bits per heavy atom. The summed E-state index contributed by atoms with van der Waals surface area (Å²) in [5, 5.41) is -2.70. The van der Waals surface area contributed by atoms with Gasteiger partial charge in [0.05, 0.1) is 52.4 Å². The Hall–Kier alpha value is -0.640. The molecule has 0 bridgehead atoms. The first-order valence-corrected chi connectivity index (χ1v) is 15.2. The lowest BCUT2D eigenvalue weighted by Crippen LogP contribution is -3.09. The summed E-state index contributed by atoms with van der Waals surface area (Å²) in [6.07, 6.45) is 4.67. The number of quaternary nitrogens is 3. The molecule has 3 rings (SSSR count). The Kier molecular flexibility index (Phi) is 11.8. The van der Waals surface area contributed by atoms with E-state index in [0.717, 1.165) is 6.92 Å². The van der Waals surface area contributed by atoms with Crippen molar-refractivity contribution in [2.75, 3.05) is 52.4 Å². The van der Waals surface area contributed by atoms with Gasteiger partial charge in [-0.3, -0.25) is 0 Å². The van der Waals surface area contributed by atoms with Crippen molar-refractivity contribution >= 4 is 19.9 Å². The highest BCUT2D eigenvalue weighted by atomic mass is 32.2. The minimum Gasteiger partial charge on any atom is -0.335 e. The summed E-state index contributed by atoms with van der Waals surface area (Å²) in [6, 6.07) is 0. The predicted molar refractivity (Wildman–Crippen MR) is 120 cm³/mol. The van der Waals surface area contributed by atoms with Crippen molar-refractivity contribution in [3.63, 3.8) is 0 Å². The Balaban J connectivity index is 0.000000350. The molecular formula is C20H40F6N3O4S2+3. The molecule has 0 amide bonds. The molecule has 15 heteroatoms. The van der Waals surface area contributed by atoms with Gasteiger partial charge in [0, 0.05) is 38.5 Å². The standard InChI is InChI=1S/C8H12F6NO4S2.2C6H13N/c1-2-15(21(18,19)8(12,13)14)5-3-4-6(15)20(16,17)7(9,10)11;2*1-2-7-5-3-4-6-7/h6H,2-5H2,1H3;2*2-6H2,1H3/q+1;;/p+2. The van der Waals surface area contributed by atoms with E-state index in [2.05, 4.69) is 13.8 Å². The van der Waals surface area contributed by atoms with Crippen LogP contribution in [0.1, 0.15) is 59.3 Å². The predicted octanol–water partition coefficient (Wildman–Crippen LogP) is 1.10. The molecular weight excluding hydrogens is 524 g/mol. The molecule has 0 spiro atoms. The van der Waals surface area contributed by atoms with Crippen LogP contribution in [0.4, 0.5) is 26.3 Å². The molecule has 210 valence electrons. The lowest BCUT2D eigenvalue weighted by Gasteiger charge is -2.36. The fourth-order valence-electron chi connectivity index (χ4n) is 4.95. The zero-order valence-corrected chi connectivity index (χ0v) is 22.3. The van der Waals surface area contributed by atoms with E-state index in [-0.39, 0.29) is 6.42 Å². The summed E-state index contributed by atoms with van der Waals surface area (Å²) in [5.41, 5.74) is -11.7. The molecule has 3 aliphatic heterocycles. The quantitative estimate of drug-likeness (QED) is 0.388. The van der Waals surface area contributed by atoms with Crippen LogP contribution in [0.2, 0.25) is 0 Å². The summed E-state index contributed by atoms with van der Waals surface area (Å²) in [7, 11) is -12.2. The highest BCUT2D eigenvalue weighted by molar-refractivity contribution is 7.93. The second-order valence-electron chi connectivity index (χ2n) is 9.12. The molecule has 0 aliphatic carbocycles. The first-order valence-electron chi connectivity index (χ1n) is 12.2. The monoisotopic (exact) mass is 564 g/mol. The Bertz CT molecular complexity index is 837. The number of nitrogens with one attached hydrogen (secondary N) is 2. The average molecular weight is 565 g/mol. The molecule has 0 radical (unpaired) electrons. The van der Waals surface area contributed by atoms with Crippen molar-refractivity contribution in [3.8, 4) is 0 Å². The third-order valence-corrected chi connectivity index (χ3v) is 11.5. The van der Waals surface area contributed by atoms with Crippen molar-refractivity contribution < 1.29 is 56.9 Å². The zero-order chi connectivity index (χ0) is 27.1. The van der Waals surface area contributed by atoms with Crippen LogP contribution < -0.4 is 9.80 Å². The fourth-order valence-corrected chi connectivity index (χ4v) is 8.71. The highest BCUT2D eigenvalue weighted by Crippen LogP contribution is 2.44. The van der Waals surface area contributed by atoms with Gasteiger partial charge in [0.1, 0.15) is 0 Å². The fraction of sp³-hybridized carbons (Fsp3) is 1.00. The second kappa shape index (κ2) is 12.7. The van der Waals surface area contributed by atoms with Gasteiger partial charge in [0.2, 0.25) is 5.37 Å². The minimum atomic E-state index is -6.12. The average Bonchev–Trinajstić information content (AvgIpc) is 3.54. The summed E-state index contributed by atoms with van der Waals surface area (Å²) in [5.74, 6) is 0. The topological polar surface area (TPSA) is 77.2 Å². The van der Waals surface area contributed by atoms with E-state index < -0.39 is 59.6 Å². The van der Waals surface area contributed by atoms with E-state index in [1.54, 1.807) is 9.80 Å². The Morgan fingerprint density at radius 3 is 1.37 bits per heavy atom. The van der Waals surface area contributed by atoms with E-state index in [0.29, 0.717) is 0 Å². The van der Waals surface area contributed by atoms with Gasteiger partial charge in [0.25, 0.3) is 0 Å². The van der Waals surface area contributed by atoms with Gasteiger partial charge in [-0.2, -0.15) is 38.6 Å². The van der Waals surface area contributed by atoms with E-state index in [9.17, 15) is 43.2 Å². The summed E-state index contributed by atoms with van der Waals surface area (Å²) >= 11 is 0. The van der Waals surface area contributed by atoms with Gasteiger partial charge < -0.3 is 9.80 Å². The van der Waals surface area contributed by atoms with Crippen LogP contribution in [0.3, 0.4) is 0 Å².